The Morgan fingerprint density at radius 3 is 2.82 bits per heavy atom. The summed E-state index contributed by atoms with van der Waals surface area (Å²) in [5, 5.41) is 6.97. The second-order valence-corrected chi connectivity index (χ2v) is 7.26. The maximum Gasteiger partial charge on any atom is 0.397 e. The number of halogens is 4. The normalized spacial score (nSPS) is 17.6. The molecule has 0 spiro atoms. The van der Waals surface area contributed by atoms with Crippen molar-refractivity contribution in [2.45, 2.75) is 38.0 Å². The molecule has 1 atom stereocenters. The van der Waals surface area contributed by atoms with Crippen LogP contribution < -0.4 is 10.6 Å². The molecule has 152 valence electrons. The molecule has 2 aromatic rings. The number of carbonyl (C=O) groups excluding carboxylic acids is 2. The molecule has 6 nitrogen and oxygen atoms in total. The van der Waals surface area contributed by atoms with E-state index in [1.54, 1.807) is 6.07 Å². The minimum absolute atomic E-state index is 0.0766. The van der Waals surface area contributed by atoms with Crippen LogP contribution in [0.15, 0.2) is 24.3 Å². The number of benzene rings is 1. The number of hydrogen-bond donors (Lipinski definition) is 3. The number of amides is 3. The van der Waals surface area contributed by atoms with Gasteiger partial charge in [0.25, 0.3) is 0 Å². The van der Waals surface area contributed by atoms with E-state index < -0.39 is 24.5 Å². The van der Waals surface area contributed by atoms with Crippen LogP contribution in [0.5, 0.6) is 0 Å². The highest BCUT2D eigenvalue weighted by Gasteiger charge is 2.35. The lowest BCUT2D eigenvalue weighted by atomic mass is 10.1. The van der Waals surface area contributed by atoms with Crippen LogP contribution in [0.1, 0.15) is 25.0 Å². The first-order chi connectivity index (χ1) is 13.2. The van der Waals surface area contributed by atoms with E-state index in [1.807, 2.05) is 18.2 Å². The molecule has 1 saturated heterocycles. The van der Waals surface area contributed by atoms with E-state index in [1.165, 1.54) is 0 Å². The van der Waals surface area contributed by atoms with Crippen LogP contribution in [0.2, 0.25) is 5.02 Å². The summed E-state index contributed by atoms with van der Waals surface area (Å²) in [6.07, 6.45) is -4.86. The molecule has 0 radical (unpaired) electrons. The molecule has 3 rings (SSSR count). The summed E-state index contributed by atoms with van der Waals surface area (Å²) in [5.74, 6) is -0.962. The Morgan fingerprint density at radius 2 is 2.07 bits per heavy atom. The minimum Gasteiger partial charge on any atom is -0.357 e. The molecule has 3 N–H and O–H groups in total. The van der Waals surface area contributed by atoms with Crippen molar-refractivity contribution in [3.8, 4) is 0 Å². The zero-order valence-electron chi connectivity index (χ0n) is 14.9. The minimum atomic E-state index is -4.53. The van der Waals surface area contributed by atoms with Gasteiger partial charge in [-0.25, -0.2) is 4.79 Å². The van der Waals surface area contributed by atoms with Gasteiger partial charge in [0.05, 0.1) is 6.54 Å². The number of rotatable bonds is 4. The zero-order valence-corrected chi connectivity index (χ0v) is 15.7. The number of urea groups is 1. The molecule has 1 aliphatic rings. The predicted molar refractivity (Wildman–Crippen MR) is 99.0 cm³/mol. The van der Waals surface area contributed by atoms with Crippen molar-refractivity contribution >= 4 is 34.4 Å². The van der Waals surface area contributed by atoms with Crippen molar-refractivity contribution in [2.24, 2.45) is 0 Å². The fourth-order valence-electron chi connectivity index (χ4n) is 3.28. The van der Waals surface area contributed by atoms with E-state index in [2.05, 4.69) is 15.6 Å². The summed E-state index contributed by atoms with van der Waals surface area (Å²) >= 11 is 5.95. The first-order valence-corrected chi connectivity index (χ1v) is 9.23. The SMILES string of the molecule is O=C(NCc1cc2cc(Cl)ccc2[nH]1)N[C@@H]1CCCN(C(=O)CC(F)(F)F)C1. The van der Waals surface area contributed by atoms with E-state index in [0.29, 0.717) is 17.9 Å². The topological polar surface area (TPSA) is 77.2 Å². The van der Waals surface area contributed by atoms with Gasteiger partial charge in [-0.1, -0.05) is 11.6 Å². The largest absolute Gasteiger partial charge is 0.397 e. The quantitative estimate of drug-likeness (QED) is 0.712. The number of nitrogens with one attached hydrogen (secondary N) is 3. The maximum absolute atomic E-state index is 12.4. The third kappa shape index (κ3) is 5.54. The fraction of sp³-hybridized carbons (Fsp3) is 0.444. The number of nitrogens with zero attached hydrogens (tertiary/aromatic N) is 1. The Kier molecular flexibility index (Phi) is 6.02. The Labute approximate surface area is 164 Å². The van der Waals surface area contributed by atoms with Crippen LogP contribution in [0, 0.1) is 0 Å². The van der Waals surface area contributed by atoms with Crippen LogP contribution in [0.25, 0.3) is 10.9 Å². The van der Waals surface area contributed by atoms with Crippen LogP contribution >= 0.6 is 11.6 Å². The van der Waals surface area contributed by atoms with Crippen LogP contribution in [-0.4, -0.2) is 47.1 Å². The molecular formula is C18H20ClF3N4O2. The van der Waals surface area contributed by atoms with Gasteiger partial charge in [-0.05, 0) is 37.1 Å². The lowest BCUT2D eigenvalue weighted by molar-refractivity contribution is -0.162. The van der Waals surface area contributed by atoms with Crippen LogP contribution in [0.3, 0.4) is 0 Å². The van der Waals surface area contributed by atoms with E-state index in [4.69, 9.17) is 11.6 Å². The van der Waals surface area contributed by atoms with Gasteiger partial charge in [-0.15, -0.1) is 0 Å². The summed E-state index contributed by atoms with van der Waals surface area (Å²) in [7, 11) is 0. The first-order valence-electron chi connectivity index (χ1n) is 8.86. The highest BCUT2D eigenvalue weighted by Crippen LogP contribution is 2.22. The molecule has 3 amide bonds. The second kappa shape index (κ2) is 8.30. The molecule has 0 saturated carbocycles. The van der Waals surface area contributed by atoms with Gasteiger partial charge in [-0.3, -0.25) is 4.79 Å². The molecule has 0 aliphatic carbocycles. The summed E-state index contributed by atoms with van der Waals surface area (Å²) in [4.78, 5) is 28.2. The summed E-state index contributed by atoms with van der Waals surface area (Å²) in [6.45, 7) is 0.598. The van der Waals surface area contributed by atoms with Crippen molar-refractivity contribution in [2.75, 3.05) is 13.1 Å². The number of likely N-dealkylation sites (tertiary alicyclic amines) is 1. The molecule has 1 aromatic heterocycles. The number of hydrogen-bond acceptors (Lipinski definition) is 2. The van der Waals surface area contributed by atoms with E-state index >= 15 is 0 Å². The number of piperidine rings is 1. The Balaban J connectivity index is 1.49. The summed E-state index contributed by atoms with van der Waals surface area (Å²) < 4.78 is 37.2. The molecule has 0 bridgehead atoms. The van der Waals surface area contributed by atoms with Crippen molar-refractivity contribution in [1.29, 1.82) is 0 Å². The van der Waals surface area contributed by atoms with Crippen LogP contribution in [0.4, 0.5) is 18.0 Å². The Morgan fingerprint density at radius 1 is 1.29 bits per heavy atom. The molecule has 10 heteroatoms. The third-order valence-electron chi connectivity index (χ3n) is 4.54. The number of carbonyl (C=O) groups is 2. The average molecular weight is 417 g/mol. The standard InChI is InChI=1S/C18H20ClF3N4O2/c19-12-3-4-15-11(6-12)7-14(24-15)9-23-17(28)25-13-2-1-5-26(10-13)16(27)8-18(20,21)22/h3-4,6-7,13,24H,1-2,5,8-10H2,(H2,23,25,28)/t13-/m1/s1. The summed E-state index contributed by atoms with van der Waals surface area (Å²) in [5.41, 5.74) is 1.69. The predicted octanol–water partition coefficient (Wildman–Crippen LogP) is 3.56. The molecule has 1 fully saturated rings. The van der Waals surface area contributed by atoms with Gasteiger partial charge in [0.15, 0.2) is 0 Å². The smallest absolute Gasteiger partial charge is 0.357 e. The lowest BCUT2D eigenvalue weighted by Crippen LogP contribution is -2.52. The highest BCUT2D eigenvalue weighted by molar-refractivity contribution is 6.31. The van der Waals surface area contributed by atoms with E-state index in [0.717, 1.165) is 21.5 Å². The Hall–Kier alpha value is -2.42. The van der Waals surface area contributed by atoms with Crippen molar-refractivity contribution in [1.82, 2.24) is 20.5 Å². The number of H-pyrrole nitrogens is 1. The number of alkyl halides is 3. The number of aromatic amines is 1. The first kappa shape index (κ1) is 20.3. The van der Waals surface area contributed by atoms with Gasteiger partial charge in [-0.2, -0.15) is 13.2 Å². The molecular weight excluding hydrogens is 397 g/mol. The molecule has 2 heterocycles. The fourth-order valence-corrected chi connectivity index (χ4v) is 3.46. The van der Waals surface area contributed by atoms with E-state index in [9.17, 15) is 22.8 Å². The van der Waals surface area contributed by atoms with Gasteiger partial charge in [0.1, 0.15) is 6.42 Å². The number of aromatic nitrogens is 1. The van der Waals surface area contributed by atoms with Gasteiger partial charge >= 0.3 is 12.2 Å². The van der Waals surface area contributed by atoms with Crippen molar-refractivity contribution < 1.29 is 22.8 Å². The molecule has 1 aliphatic heterocycles. The average Bonchev–Trinajstić information content (AvgIpc) is 3.01. The zero-order chi connectivity index (χ0) is 20.3. The van der Waals surface area contributed by atoms with Crippen LogP contribution in [-0.2, 0) is 11.3 Å². The molecule has 0 unspecified atom stereocenters. The van der Waals surface area contributed by atoms with Gasteiger partial charge in [0.2, 0.25) is 5.91 Å². The Bertz CT molecular complexity index is 868. The third-order valence-corrected chi connectivity index (χ3v) is 4.77. The van der Waals surface area contributed by atoms with Crippen molar-refractivity contribution in [3.05, 3.63) is 35.0 Å². The monoisotopic (exact) mass is 416 g/mol. The molecule has 1 aromatic carbocycles. The van der Waals surface area contributed by atoms with E-state index in [-0.39, 0.29) is 25.7 Å². The van der Waals surface area contributed by atoms with Crippen molar-refractivity contribution in [3.63, 3.8) is 0 Å². The molecule has 28 heavy (non-hydrogen) atoms. The summed E-state index contributed by atoms with van der Waals surface area (Å²) in [6, 6.07) is 6.47. The van der Waals surface area contributed by atoms with Gasteiger partial charge < -0.3 is 20.5 Å². The lowest BCUT2D eigenvalue weighted by Gasteiger charge is -2.33. The van der Waals surface area contributed by atoms with Gasteiger partial charge in [0, 0.05) is 40.8 Å². The number of fused-ring (bicyclic) bond motifs is 1. The maximum atomic E-state index is 12.4. The highest BCUT2D eigenvalue weighted by atomic mass is 35.5. The second-order valence-electron chi connectivity index (χ2n) is 6.82.